The van der Waals surface area contributed by atoms with Crippen LogP contribution in [0.3, 0.4) is 0 Å². The predicted octanol–water partition coefficient (Wildman–Crippen LogP) is 5.07. The van der Waals surface area contributed by atoms with E-state index in [4.69, 9.17) is 10.5 Å². The first-order valence-electron chi connectivity index (χ1n) is 16.1. The number of halogens is 1. The van der Waals surface area contributed by atoms with E-state index in [0.717, 1.165) is 57.4 Å². The molecule has 0 spiro atoms. The van der Waals surface area contributed by atoms with Gasteiger partial charge in [-0.3, -0.25) is 19.4 Å². The van der Waals surface area contributed by atoms with Gasteiger partial charge < -0.3 is 15.4 Å². The number of piperidine rings is 1. The van der Waals surface area contributed by atoms with E-state index in [0.29, 0.717) is 17.6 Å². The molecule has 2 bridgehead atoms. The lowest BCUT2D eigenvalue weighted by Gasteiger charge is -2.36. The summed E-state index contributed by atoms with van der Waals surface area (Å²) in [6.07, 6.45) is 3.96. The lowest BCUT2D eigenvalue weighted by atomic mass is 9.87. The fourth-order valence-electron chi connectivity index (χ4n) is 8.17. The molecule has 4 aliphatic rings. The van der Waals surface area contributed by atoms with Crippen LogP contribution in [-0.4, -0.2) is 70.4 Å². The normalized spacial score (nSPS) is 27.0. The van der Waals surface area contributed by atoms with Crippen molar-refractivity contribution in [1.82, 2.24) is 9.80 Å². The Morgan fingerprint density at radius 2 is 1.75 bits per heavy atom. The lowest BCUT2D eigenvalue weighted by molar-refractivity contribution is -0.131. The lowest BCUT2D eigenvalue weighted by Crippen LogP contribution is -2.51. The van der Waals surface area contributed by atoms with Gasteiger partial charge in [-0.05, 0) is 88.5 Å². The molecule has 2 amide bonds. The average Bonchev–Trinajstić information content (AvgIpc) is 3.76. The van der Waals surface area contributed by atoms with E-state index < -0.39 is 29.6 Å². The number of benzene rings is 2. The summed E-state index contributed by atoms with van der Waals surface area (Å²) in [6.45, 7) is 8.22. The van der Waals surface area contributed by atoms with Crippen LogP contribution in [0.25, 0.3) is 0 Å². The van der Waals surface area contributed by atoms with Crippen molar-refractivity contribution in [2.24, 2.45) is 17.6 Å². The number of rotatable bonds is 9. The van der Waals surface area contributed by atoms with Gasteiger partial charge in [0.25, 0.3) is 0 Å². The van der Waals surface area contributed by atoms with Gasteiger partial charge in [-0.25, -0.2) is 9.18 Å². The molecule has 0 aromatic heterocycles. The Bertz CT molecular complexity index is 1390. The van der Waals surface area contributed by atoms with Gasteiger partial charge in [-0.2, -0.15) is 0 Å². The maximum atomic E-state index is 15.6. The van der Waals surface area contributed by atoms with Crippen molar-refractivity contribution in [2.75, 3.05) is 18.0 Å². The Balaban J connectivity index is 1.11. The zero-order valence-corrected chi connectivity index (χ0v) is 26.1. The summed E-state index contributed by atoms with van der Waals surface area (Å²) in [4.78, 5) is 45.6. The third-order valence-corrected chi connectivity index (χ3v) is 10.1. The van der Waals surface area contributed by atoms with Crippen LogP contribution >= 0.6 is 0 Å². The highest BCUT2D eigenvalue weighted by atomic mass is 19.1. The summed E-state index contributed by atoms with van der Waals surface area (Å²) in [5.74, 6) is -2.04. The molecule has 1 aliphatic carbocycles. The Morgan fingerprint density at radius 3 is 2.45 bits per heavy atom. The highest BCUT2D eigenvalue weighted by Gasteiger charge is 2.52. The summed E-state index contributed by atoms with van der Waals surface area (Å²) < 4.78 is 21.2. The summed E-state index contributed by atoms with van der Waals surface area (Å²) >= 11 is 0. The highest BCUT2D eigenvalue weighted by Crippen LogP contribution is 2.44. The van der Waals surface area contributed by atoms with E-state index in [9.17, 15) is 14.4 Å². The largest absolute Gasteiger partial charge is 0.444 e. The predicted molar refractivity (Wildman–Crippen MR) is 166 cm³/mol. The molecule has 2 aromatic carbocycles. The quantitative estimate of drug-likeness (QED) is 0.430. The number of carbonyl (C=O) groups excluding carboxylic acids is 3. The van der Waals surface area contributed by atoms with Crippen LogP contribution in [0.2, 0.25) is 0 Å². The topological polar surface area (TPSA) is 96.2 Å². The average molecular weight is 605 g/mol. The number of amides is 2. The minimum absolute atomic E-state index is 0.0312. The third kappa shape index (κ3) is 6.21. The number of fused-ring (bicyclic) bond motifs is 3. The maximum absolute atomic E-state index is 15.6. The molecule has 4 fully saturated rings. The minimum atomic E-state index is -0.861. The molecule has 2 N–H and O–H groups in total. The summed E-state index contributed by atoms with van der Waals surface area (Å²) in [6, 6.07) is 15.9. The number of hydrogen-bond acceptors (Lipinski definition) is 6. The van der Waals surface area contributed by atoms with Crippen LogP contribution in [0.4, 0.5) is 14.9 Å². The van der Waals surface area contributed by atoms with E-state index in [1.165, 1.54) is 5.56 Å². The van der Waals surface area contributed by atoms with Crippen molar-refractivity contribution in [3.63, 3.8) is 0 Å². The van der Waals surface area contributed by atoms with Crippen LogP contribution in [0.1, 0.15) is 70.4 Å². The molecular formula is C35H45FN4O4. The first-order valence-corrected chi connectivity index (χ1v) is 16.1. The SMILES string of the molecule is CC(C)(C)OC(=O)N1[C@@H]2CC[C@@H](C2)[C@H]1C(=O)C[C@@H](Cc1ccc(N2CCC3C2CCN3Cc2ccccc2)cc1F)C(N)=O. The van der Waals surface area contributed by atoms with Crippen LogP contribution in [0, 0.1) is 17.7 Å². The number of nitrogens with two attached hydrogens (primary N) is 1. The number of likely N-dealkylation sites (tertiary alicyclic amines) is 2. The zero-order valence-electron chi connectivity index (χ0n) is 26.1. The standard InChI is InChI=1S/C35H45FN4O4/c1-35(2,3)44-34(43)40-27-12-10-24(18-27)32(40)31(41)19-25(33(37)42)17-23-9-11-26(20-28(23)36)39-16-14-29-30(39)13-15-38(29)21-22-7-5-4-6-8-22/h4-9,11,20,24-25,27,29-30,32H,10,12-19,21H2,1-3H3,(H2,37,42)/t24-,25+,27+,29?,30?,32-/m0/s1. The number of anilines is 1. The maximum Gasteiger partial charge on any atom is 0.411 e. The first-order chi connectivity index (χ1) is 21.0. The van der Waals surface area contributed by atoms with Crippen molar-refractivity contribution >= 4 is 23.5 Å². The van der Waals surface area contributed by atoms with Crippen molar-refractivity contribution in [1.29, 1.82) is 0 Å². The molecule has 44 heavy (non-hydrogen) atoms. The highest BCUT2D eigenvalue weighted by molar-refractivity contribution is 5.92. The number of hydrogen-bond donors (Lipinski definition) is 1. The van der Waals surface area contributed by atoms with Crippen LogP contribution in [0.5, 0.6) is 0 Å². The van der Waals surface area contributed by atoms with Crippen LogP contribution in [0.15, 0.2) is 48.5 Å². The van der Waals surface area contributed by atoms with E-state index in [1.807, 2.05) is 12.1 Å². The Kier molecular flexibility index (Phi) is 8.44. The molecule has 236 valence electrons. The number of carbonyl (C=O) groups is 3. The molecule has 8 nitrogen and oxygen atoms in total. The summed E-state index contributed by atoms with van der Waals surface area (Å²) in [7, 11) is 0. The molecule has 9 heteroatoms. The number of primary amides is 1. The number of ketones is 1. The molecule has 3 aliphatic heterocycles. The number of Topliss-reactive ketones (excluding diaryl/α,β-unsaturated/α-hetero) is 1. The van der Waals surface area contributed by atoms with Crippen molar-refractivity contribution in [3.8, 4) is 0 Å². The van der Waals surface area contributed by atoms with Gasteiger partial charge in [0.1, 0.15) is 11.4 Å². The monoisotopic (exact) mass is 604 g/mol. The Morgan fingerprint density at radius 1 is 1.00 bits per heavy atom. The number of nitrogens with zero attached hydrogens (tertiary/aromatic N) is 3. The van der Waals surface area contributed by atoms with E-state index in [-0.39, 0.29) is 36.4 Å². The van der Waals surface area contributed by atoms with E-state index in [2.05, 4.69) is 34.1 Å². The smallest absolute Gasteiger partial charge is 0.411 e. The van der Waals surface area contributed by atoms with E-state index >= 15 is 4.39 Å². The van der Waals surface area contributed by atoms with Gasteiger partial charge in [0.2, 0.25) is 5.91 Å². The summed E-state index contributed by atoms with van der Waals surface area (Å²) in [5, 5.41) is 0. The second kappa shape index (κ2) is 12.1. The second-order valence-corrected chi connectivity index (χ2v) is 14.2. The third-order valence-electron chi connectivity index (χ3n) is 10.1. The molecular weight excluding hydrogens is 559 g/mol. The van der Waals surface area contributed by atoms with Gasteiger partial charge in [-0.1, -0.05) is 36.4 Å². The van der Waals surface area contributed by atoms with Gasteiger partial charge in [0.15, 0.2) is 5.78 Å². The van der Waals surface area contributed by atoms with Crippen molar-refractivity contribution in [3.05, 3.63) is 65.5 Å². The number of ether oxygens (including phenoxy) is 1. The molecule has 0 radical (unpaired) electrons. The Labute approximate surface area is 259 Å². The fraction of sp³-hybridized carbons (Fsp3) is 0.571. The van der Waals surface area contributed by atoms with Crippen molar-refractivity contribution in [2.45, 2.75) is 102 Å². The zero-order chi connectivity index (χ0) is 31.2. The van der Waals surface area contributed by atoms with Crippen LogP contribution < -0.4 is 10.6 Å². The van der Waals surface area contributed by atoms with Crippen LogP contribution in [-0.2, 0) is 27.3 Å². The fourth-order valence-corrected chi connectivity index (χ4v) is 8.17. The van der Waals surface area contributed by atoms with Gasteiger partial charge >= 0.3 is 6.09 Å². The van der Waals surface area contributed by atoms with Gasteiger partial charge in [0.05, 0.1) is 6.04 Å². The minimum Gasteiger partial charge on any atom is -0.444 e. The molecule has 1 saturated carbocycles. The van der Waals surface area contributed by atoms with E-state index in [1.54, 1.807) is 37.8 Å². The van der Waals surface area contributed by atoms with Crippen molar-refractivity contribution < 1.29 is 23.5 Å². The molecule has 3 saturated heterocycles. The van der Waals surface area contributed by atoms with Gasteiger partial charge in [0, 0.05) is 55.8 Å². The molecule has 6 rings (SSSR count). The Hall–Kier alpha value is -3.46. The molecule has 3 heterocycles. The second-order valence-electron chi connectivity index (χ2n) is 14.2. The first kappa shape index (κ1) is 30.6. The molecule has 2 unspecified atom stereocenters. The molecule has 2 aromatic rings. The van der Waals surface area contributed by atoms with Gasteiger partial charge in [-0.15, -0.1) is 0 Å². The summed E-state index contributed by atoms with van der Waals surface area (Å²) in [5.41, 5.74) is 7.61. The molecule has 6 atom stereocenters.